The van der Waals surface area contributed by atoms with Crippen LogP contribution in [0.5, 0.6) is 0 Å². The summed E-state index contributed by atoms with van der Waals surface area (Å²) in [6, 6.07) is 10.1. The van der Waals surface area contributed by atoms with E-state index in [4.69, 9.17) is 27.2 Å². The number of nitrogens with two attached hydrogens (primary N) is 1. The number of ether oxygens (including phenoxy) is 1. The Balaban J connectivity index is 0.00000102. The quantitative estimate of drug-likeness (QED) is 0.108. The van der Waals surface area contributed by atoms with Crippen LogP contribution in [-0.4, -0.2) is 145 Å². The number of methoxy groups -OCH3 is 1. The van der Waals surface area contributed by atoms with E-state index in [-0.39, 0.29) is 37.1 Å². The summed E-state index contributed by atoms with van der Waals surface area (Å²) >= 11 is 6.57. The average molecular weight is 989 g/mol. The number of aldehydes is 1. The van der Waals surface area contributed by atoms with E-state index < -0.39 is 17.9 Å². The van der Waals surface area contributed by atoms with Crippen molar-refractivity contribution in [2.75, 3.05) is 88.7 Å². The number of anilines is 4. The molecule has 4 fully saturated rings. The standard InChI is InChI=1S/C46H58ClF2N11O4.C5H10O/c1-29-35(47)23-33(24-38(29)59(14-5-21-61)45(64)52-3)44(63)57-18-10-31(11-19-57)22-30-8-16-56(17-9-30)40-13-15-55(28-46(40,48)49)27-32-6-4-7-37-34(32)12-20-58(37)41-25-36(51-2)43-53-26-39(42(50)62)60(43)54-41;1-6-5-3-2-4-5/h4,6-7,21,23-26,30-31,40,51H,5,8-20,22,27-28H2,1-3H3,(H2,50,62)(H,52,64);5H,2-4H2,1H3. The second kappa shape index (κ2) is 22.3. The summed E-state index contributed by atoms with van der Waals surface area (Å²) in [6.45, 7) is 5.89. The molecule has 0 spiro atoms. The number of carbonyl (C=O) groups is 4. The summed E-state index contributed by atoms with van der Waals surface area (Å²) in [6.07, 6.45) is 12.6. The number of likely N-dealkylation sites (tertiary alicyclic amines) is 3. The van der Waals surface area contributed by atoms with Crippen LogP contribution in [0.2, 0.25) is 5.02 Å². The molecule has 378 valence electrons. The van der Waals surface area contributed by atoms with Crippen molar-refractivity contribution in [1.29, 1.82) is 0 Å². The number of hydrogen-bond acceptors (Lipinski definition) is 11. The second-order valence-electron chi connectivity index (χ2n) is 19.5. The minimum atomic E-state index is -2.85. The number of amides is 4. The number of carbonyl (C=O) groups excluding carboxylic acids is 4. The lowest BCUT2D eigenvalue weighted by molar-refractivity contribution is -0.134. The van der Waals surface area contributed by atoms with Gasteiger partial charge in [0.25, 0.3) is 17.7 Å². The van der Waals surface area contributed by atoms with Crippen molar-refractivity contribution in [2.24, 2.45) is 17.6 Å². The number of fused-ring (bicyclic) bond motifs is 2. The third-order valence-electron chi connectivity index (χ3n) is 15.2. The van der Waals surface area contributed by atoms with Gasteiger partial charge in [0.2, 0.25) is 0 Å². The maximum Gasteiger partial charge on any atom is 0.321 e. The Labute approximate surface area is 414 Å². The summed E-state index contributed by atoms with van der Waals surface area (Å²) in [4.78, 5) is 63.2. The number of aromatic nitrogens is 3. The van der Waals surface area contributed by atoms with Gasteiger partial charge in [0, 0.05) is 89.2 Å². The second-order valence-corrected chi connectivity index (χ2v) is 19.9. The molecule has 0 radical (unpaired) electrons. The van der Waals surface area contributed by atoms with Crippen molar-refractivity contribution in [3.63, 3.8) is 0 Å². The average Bonchev–Trinajstić information content (AvgIpc) is 3.98. The van der Waals surface area contributed by atoms with Gasteiger partial charge in [-0.05, 0) is 131 Å². The van der Waals surface area contributed by atoms with Crippen molar-refractivity contribution in [3.8, 4) is 0 Å². The maximum atomic E-state index is 16.1. The number of piperidine rings is 3. The van der Waals surface area contributed by atoms with Gasteiger partial charge in [0.1, 0.15) is 12.0 Å². The number of nitrogens with zero attached hydrogens (tertiary/aromatic N) is 8. The SMILES string of the molecule is CNC(=O)N(CCC=O)c1cc(C(=O)N2CCC(CC3CCN(C4CCN(Cc5cccc6c5CCN6c5cc(NC)c6ncc(C(N)=O)n6n5)CC4(F)F)CC3)CC2)cc(Cl)c1C.COC1CCC1. The highest BCUT2D eigenvalue weighted by Crippen LogP contribution is 2.40. The number of rotatable bonds is 14. The topological polar surface area (TPSA) is 174 Å². The highest BCUT2D eigenvalue weighted by Gasteiger charge is 2.48. The highest BCUT2D eigenvalue weighted by molar-refractivity contribution is 6.32. The smallest absolute Gasteiger partial charge is 0.321 e. The van der Waals surface area contributed by atoms with Gasteiger partial charge in [0.05, 0.1) is 36.3 Å². The number of halogens is 3. The fourth-order valence-electron chi connectivity index (χ4n) is 11.0. The molecule has 5 aliphatic rings. The molecule has 70 heavy (non-hydrogen) atoms. The van der Waals surface area contributed by atoms with Crippen LogP contribution in [0, 0.1) is 18.8 Å². The fourth-order valence-corrected chi connectivity index (χ4v) is 11.2. The summed E-state index contributed by atoms with van der Waals surface area (Å²) in [7, 11) is 5.08. The molecule has 4 N–H and O–H groups in total. The Kier molecular flexibility index (Phi) is 16.3. The van der Waals surface area contributed by atoms with Gasteiger partial charge < -0.3 is 35.7 Å². The molecule has 16 nitrogen and oxygen atoms in total. The molecular formula is C51H68ClF2N11O5. The number of primary amides is 1. The van der Waals surface area contributed by atoms with Crippen LogP contribution in [0.1, 0.15) is 102 Å². The number of urea groups is 1. The largest absolute Gasteiger partial charge is 0.385 e. The van der Waals surface area contributed by atoms with E-state index in [9.17, 15) is 19.2 Å². The van der Waals surface area contributed by atoms with E-state index in [1.54, 1.807) is 33.2 Å². The van der Waals surface area contributed by atoms with Crippen molar-refractivity contribution >= 4 is 64.3 Å². The summed E-state index contributed by atoms with van der Waals surface area (Å²) < 4.78 is 38.7. The van der Waals surface area contributed by atoms with E-state index in [2.05, 4.69) is 20.5 Å². The number of hydrogen-bond donors (Lipinski definition) is 3. The van der Waals surface area contributed by atoms with Crippen LogP contribution in [0.4, 0.5) is 36.5 Å². The molecule has 4 amide bonds. The van der Waals surface area contributed by atoms with Crippen LogP contribution in [-0.2, 0) is 22.5 Å². The van der Waals surface area contributed by atoms with E-state index in [0.717, 1.165) is 61.6 Å². The molecule has 9 rings (SSSR count). The monoisotopic (exact) mass is 988 g/mol. The molecule has 19 heteroatoms. The van der Waals surface area contributed by atoms with Crippen molar-refractivity contribution in [1.82, 2.24) is 34.6 Å². The molecule has 1 atom stereocenters. The number of nitrogens with one attached hydrogen (secondary N) is 2. The number of benzene rings is 2. The zero-order chi connectivity index (χ0) is 49.7. The molecule has 2 aromatic heterocycles. The first-order chi connectivity index (χ1) is 33.7. The first-order valence-electron chi connectivity index (χ1n) is 24.9. The van der Waals surface area contributed by atoms with Gasteiger partial charge in [-0.15, -0.1) is 5.10 Å². The minimum Gasteiger partial charge on any atom is -0.385 e. The third kappa shape index (κ3) is 11.0. The zero-order valence-corrected chi connectivity index (χ0v) is 41.7. The number of alkyl halides is 2. The van der Waals surface area contributed by atoms with Crippen LogP contribution in [0.15, 0.2) is 42.6 Å². The van der Waals surface area contributed by atoms with Gasteiger partial charge in [-0.2, -0.15) is 0 Å². The summed E-state index contributed by atoms with van der Waals surface area (Å²) in [5, 5.41) is 10.8. The molecular weight excluding hydrogens is 920 g/mol. The first kappa shape index (κ1) is 50.9. The molecule has 4 aliphatic heterocycles. The minimum absolute atomic E-state index is 0.142. The Morgan fingerprint density at radius 1 is 0.986 bits per heavy atom. The lowest BCUT2D eigenvalue weighted by Crippen LogP contribution is -2.59. The Morgan fingerprint density at radius 3 is 2.33 bits per heavy atom. The molecule has 1 saturated carbocycles. The predicted molar refractivity (Wildman–Crippen MR) is 268 cm³/mol. The van der Waals surface area contributed by atoms with E-state index in [1.807, 2.05) is 39.0 Å². The van der Waals surface area contributed by atoms with Gasteiger partial charge in [-0.1, -0.05) is 23.7 Å². The van der Waals surface area contributed by atoms with Gasteiger partial charge >= 0.3 is 6.03 Å². The molecule has 4 aromatic rings. The fraction of sp³-hybridized carbons (Fsp3) is 0.569. The molecule has 1 aliphatic carbocycles. The van der Waals surface area contributed by atoms with Crippen LogP contribution < -0.4 is 26.2 Å². The van der Waals surface area contributed by atoms with E-state index in [0.29, 0.717) is 109 Å². The predicted octanol–water partition coefficient (Wildman–Crippen LogP) is 7.31. The van der Waals surface area contributed by atoms with Crippen molar-refractivity contribution in [2.45, 2.75) is 102 Å². The summed E-state index contributed by atoms with van der Waals surface area (Å²) in [5.74, 6) is -2.07. The van der Waals surface area contributed by atoms with Gasteiger partial charge in [-0.25, -0.2) is 23.1 Å². The van der Waals surface area contributed by atoms with Crippen LogP contribution in [0.25, 0.3) is 5.65 Å². The lowest BCUT2D eigenvalue weighted by Gasteiger charge is -2.46. The summed E-state index contributed by atoms with van der Waals surface area (Å²) in [5.41, 5.74) is 11.7. The molecule has 1 unspecified atom stereocenters. The normalized spacial score (nSPS) is 20.1. The Bertz CT molecular complexity index is 2520. The first-order valence-corrected chi connectivity index (χ1v) is 25.2. The van der Waals surface area contributed by atoms with Crippen LogP contribution in [0.3, 0.4) is 0 Å². The van der Waals surface area contributed by atoms with Crippen molar-refractivity contribution < 1.29 is 32.7 Å². The Hall–Kier alpha value is -5.43. The van der Waals surface area contributed by atoms with Gasteiger partial charge in [-0.3, -0.25) is 24.3 Å². The number of imidazole rings is 1. The maximum absolute atomic E-state index is 16.1. The lowest BCUT2D eigenvalue weighted by atomic mass is 9.82. The molecule has 0 bridgehead atoms. The Morgan fingerprint density at radius 2 is 1.71 bits per heavy atom. The molecule has 3 saturated heterocycles. The van der Waals surface area contributed by atoms with Crippen LogP contribution >= 0.6 is 11.6 Å². The van der Waals surface area contributed by atoms with Crippen molar-refractivity contribution in [3.05, 3.63) is 75.6 Å². The molecule has 2 aromatic carbocycles. The van der Waals surface area contributed by atoms with E-state index in [1.165, 1.54) is 41.9 Å². The van der Waals surface area contributed by atoms with E-state index >= 15 is 8.78 Å². The van der Waals surface area contributed by atoms with Gasteiger partial charge in [0.15, 0.2) is 11.5 Å². The third-order valence-corrected chi connectivity index (χ3v) is 15.6. The highest BCUT2D eigenvalue weighted by atomic mass is 35.5. The zero-order valence-electron chi connectivity index (χ0n) is 40.9. The molecule has 6 heterocycles.